The summed E-state index contributed by atoms with van der Waals surface area (Å²) >= 11 is 0. The van der Waals surface area contributed by atoms with Crippen molar-refractivity contribution in [1.29, 1.82) is 0 Å². The third-order valence-corrected chi connectivity index (χ3v) is 4.32. The van der Waals surface area contributed by atoms with Gasteiger partial charge in [0.1, 0.15) is 0 Å². The van der Waals surface area contributed by atoms with Crippen molar-refractivity contribution >= 4 is 6.03 Å². The highest BCUT2D eigenvalue weighted by Crippen LogP contribution is 2.23. The molecule has 1 aliphatic rings. The van der Waals surface area contributed by atoms with Crippen LogP contribution in [0, 0.1) is 5.92 Å². The van der Waals surface area contributed by atoms with E-state index >= 15 is 0 Å². The topological polar surface area (TPSA) is 61.8 Å². The highest BCUT2D eigenvalue weighted by Gasteiger charge is 2.26. The molecule has 128 valence electrons. The minimum Gasteiger partial charge on any atom is -0.394 e. The molecule has 5 heteroatoms. The zero-order valence-electron chi connectivity index (χ0n) is 14.3. The molecule has 1 fully saturated rings. The molecule has 2 rings (SSSR count). The number of carbonyl (C=O) groups is 1. The molecular weight excluding hydrogens is 292 g/mol. The van der Waals surface area contributed by atoms with Gasteiger partial charge in [-0.25, -0.2) is 4.79 Å². The van der Waals surface area contributed by atoms with Gasteiger partial charge >= 0.3 is 6.03 Å². The first-order valence-corrected chi connectivity index (χ1v) is 8.41. The molecule has 0 bridgehead atoms. The second-order valence-electron chi connectivity index (χ2n) is 6.39. The number of nitrogens with zero attached hydrogens (tertiary/aromatic N) is 1. The van der Waals surface area contributed by atoms with E-state index in [4.69, 9.17) is 4.74 Å². The molecule has 0 aromatic heterocycles. The van der Waals surface area contributed by atoms with Gasteiger partial charge in [0.15, 0.2) is 0 Å². The minimum absolute atomic E-state index is 0.0242. The molecule has 1 aromatic rings. The smallest absolute Gasteiger partial charge is 0.318 e. The first-order valence-electron chi connectivity index (χ1n) is 8.41. The zero-order valence-corrected chi connectivity index (χ0v) is 14.3. The Balaban J connectivity index is 2.04. The van der Waals surface area contributed by atoms with Gasteiger partial charge in [-0.2, -0.15) is 0 Å². The normalized spacial score (nSPS) is 19.7. The van der Waals surface area contributed by atoms with Crippen LogP contribution in [0.2, 0.25) is 0 Å². The van der Waals surface area contributed by atoms with Crippen molar-refractivity contribution in [2.75, 3.05) is 26.3 Å². The van der Waals surface area contributed by atoms with Gasteiger partial charge in [0, 0.05) is 6.54 Å². The summed E-state index contributed by atoms with van der Waals surface area (Å²) in [5.74, 6) is 0.293. The number of morpholine rings is 1. The Labute approximate surface area is 138 Å². The molecule has 2 unspecified atom stereocenters. The summed E-state index contributed by atoms with van der Waals surface area (Å²) in [4.78, 5) is 14.3. The van der Waals surface area contributed by atoms with Crippen LogP contribution < -0.4 is 5.32 Å². The van der Waals surface area contributed by atoms with Crippen molar-refractivity contribution in [2.24, 2.45) is 5.92 Å². The van der Waals surface area contributed by atoms with Gasteiger partial charge in [0.05, 0.1) is 31.9 Å². The van der Waals surface area contributed by atoms with Crippen LogP contribution in [0.3, 0.4) is 0 Å². The fraction of sp³-hybridized carbons (Fsp3) is 0.611. The predicted molar refractivity (Wildman–Crippen MR) is 90.3 cm³/mol. The molecule has 2 amide bonds. The molecule has 1 aliphatic heterocycles. The Morgan fingerprint density at radius 3 is 2.65 bits per heavy atom. The van der Waals surface area contributed by atoms with E-state index in [0.29, 0.717) is 25.6 Å². The Hall–Kier alpha value is -1.59. The minimum atomic E-state index is -0.282. The molecular formula is C18H28N2O3. The number of rotatable bonds is 5. The van der Waals surface area contributed by atoms with E-state index in [1.165, 1.54) is 5.56 Å². The zero-order chi connectivity index (χ0) is 16.8. The van der Waals surface area contributed by atoms with Crippen LogP contribution >= 0.6 is 0 Å². The predicted octanol–water partition coefficient (Wildman–Crippen LogP) is 2.35. The van der Waals surface area contributed by atoms with Crippen molar-refractivity contribution in [3.63, 3.8) is 0 Å². The first kappa shape index (κ1) is 17.8. The maximum atomic E-state index is 12.5. The summed E-state index contributed by atoms with van der Waals surface area (Å²) in [6.45, 7) is 7.74. The maximum Gasteiger partial charge on any atom is 0.318 e. The molecule has 0 spiro atoms. The van der Waals surface area contributed by atoms with Gasteiger partial charge in [0.25, 0.3) is 0 Å². The standard InChI is InChI=1S/C18H28N2O3/c1-4-14-5-7-15(8-6-14)17(13(2)3)19-18(22)20-9-10-23-16(11-20)12-21/h5-8,13,16-17,21H,4,9-12H2,1-3H3,(H,19,22). The number of aliphatic hydroxyl groups is 1. The highest BCUT2D eigenvalue weighted by molar-refractivity contribution is 5.75. The molecule has 2 N–H and O–H groups in total. The molecule has 1 aromatic carbocycles. The molecule has 23 heavy (non-hydrogen) atoms. The Morgan fingerprint density at radius 2 is 2.09 bits per heavy atom. The summed E-state index contributed by atoms with van der Waals surface area (Å²) in [6.07, 6.45) is 0.728. The van der Waals surface area contributed by atoms with E-state index in [1.54, 1.807) is 4.90 Å². The van der Waals surface area contributed by atoms with Crippen molar-refractivity contribution < 1.29 is 14.6 Å². The Bertz CT molecular complexity index is 501. The molecule has 5 nitrogen and oxygen atoms in total. The summed E-state index contributed by atoms with van der Waals surface area (Å²) in [5, 5.41) is 12.3. The molecule has 0 aliphatic carbocycles. The molecule has 1 heterocycles. The lowest BCUT2D eigenvalue weighted by molar-refractivity contribution is -0.0406. The molecule has 0 saturated carbocycles. The van der Waals surface area contributed by atoms with Crippen LogP contribution in [0.4, 0.5) is 4.79 Å². The van der Waals surface area contributed by atoms with E-state index in [0.717, 1.165) is 12.0 Å². The largest absolute Gasteiger partial charge is 0.394 e. The molecule has 2 atom stereocenters. The average molecular weight is 320 g/mol. The number of ether oxygens (including phenoxy) is 1. The molecule has 0 radical (unpaired) electrons. The van der Waals surface area contributed by atoms with Crippen LogP contribution in [0.1, 0.15) is 37.9 Å². The van der Waals surface area contributed by atoms with Gasteiger partial charge in [-0.05, 0) is 23.5 Å². The van der Waals surface area contributed by atoms with Crippen LogP contribution in [0.25, 0.3) is 0 Å². The Kier molecular flexibility index (Phi) is 6.42. The SMILES string of the molecule is CCc1ccc(C(NC(=O)N2CCOC(CO)C2)C(C)C)cc1. The number of hydrogen-bond acceptors (Lipinski definition) is 3. The van der Waals surface area contributed by atoms with Crippen LogP contribution in [0.5, 0.6) is 0 Å². The lowest BCUT2D eigenvalue weighted by atomic mass is 9.95. The fourth-order valence-corrected chi connectivity index (χ4v) is 2.83. The number of nitrogens with one attached hydrogen (secondary N) is 1. The number of carbonyl (C=O) groups excluding carboxylic acids is 1. The summed E-state index contributed by atoms with van der Waals surface area (Å²) in [5.41, 5.74) is 2.42. The summed E-state index contributed by atoms with van der Waals surface area (Å²) in [7, 11) is 0. The third kappa shape index (κ3) is 4.69. The van der Waals surface area contributed by atoms with Crippen molar-refractivity contribution in [3.8, 4) is 0 Å². The maximum absolute atomic E-state index is 12.5. The van der Waals surface area contributed by atoms with E-state index in [1.807, 2.05) is 0 Å². The van der Waals surface area contributed by atoms with E-state index < -0.39 is 0 Å². The van der Waals surface area contributed by atoms with Crippen LogP contribution in [-0.4, -0.2) is 48.4 Å². The second-order valence-corrected chi connectivity index (χ2v) is 6.39. The average Bonchev–Trinajstić information content (AvgIpc) is 2.59. The highest BCUT2D eigenvalue weighted by atomic mass is 16.5. The Morgan fingerprint density at radius 1 is 1.39 bits per heavy atom. The van der Waals surface area contributed by atoms with Gasteiger partial charge in [-0.15, -0.1) is 0 Å². The van der Waals surface area contributed by atoms with Crippen molar-refractivity contribution in [3.05, 3.63) is 35.4 Å². The number of urea groups is 1. The van der Waals surface area contributed by atoms with Gasteiger partial charge < -0.3 is 20.1 Å². The lowest BCUT2D eigenvalue weighted by Crippen LogP contribution is -2.51. The van der Waals surface area contributed by atoms with E-state index in [9.17, 15) is 9.90 Å². The summed E-state index contributed by atoms with van der Waals surface area (Å²) in [6, 6.07) is 8.31. The lowest BCUT2D eigenvalue weighted by Gasteiger charge is -2.34. The molecule has 1 saturated heterocycles. The third-order valence-electron chi connectivity index (χ3n) is 4.32. The van der Waals surface area contributed by atoms with Crippen LogP contribution in [0.15, 0.2) is 24.3 Å². The van der Waals surface area contributed by atoms with Gasteiger partial charge in [-0.1, -0.05) is 45.0 Å². The van der Waals surface area contributed by atoms with Crippen LogP contribution in [-0.2, 0) is 11.2 Å². The number of aliphatic hydroxyl groups excluding tert-OH is 1. The number of hydrogen-bond donors (Lipinski definition) is 2. The number of aryl methyl sites for hydroxylation is 1. The van der Waals surface area contributed by atoms with E-state index in [2.05, 4.69) is 50.4 Å². The number of benzene rings is 1. The second kappa shape index (κ2) is 8.31. The number of amides is 2. The fourth-order valence-electron chi connectivity index (χ4n) is 2.83. The quantitative estimate of drug-likeness (QED) is 0.875. The monoisotopic (exact) mass is 320 g/mol. The summed E-state index contributed by atoms with van der Waals surface area (Å²) < 4.78 is 5.40. The van der Waals surface area contributed by atoms with Gasteiger partial charge in [0.2, 0.25) is 0 Å². The van der Waals surface area contributed by atoms with Crippen molar-refractivity contribution in [1.82, 2.24) is 10.2 Å². The van der Waals surface area contributed by atoms with E-state index in [-0.39, 0.29) is 24.8 Å². The first-order chi connectivity index (χ1) is 11.0. The van der Waals surface area contributed by atoms with Crippen molar-refractivity contribution in [2.45, 2.75) is 39.3 Å². The van der Waals surface area contributed by atoms with Gasteiger partial charge in [-0.3, -0.25) is 0 Å².